The fourth-order valence-corrected chi connectivity index (χ4v) is 4.56. The van der Waals surface area contributed by atoms with Crippen LogP contribution in [-0.2, 0) is 4.79 Å². The van der Waals surface area contributed by atoms with Crippen LogP contribution in [0.15, 0.2) is 30.3 Å². The van der Waals surface area contributed by atoms with E-state index in [1.807, 2.05) is 19.0 Å². The highest BCUT2D eigenvalue weighted by molar-refractivity contribution is 7.23. The zero-order valence-electron chi connectivity index (χ0n) is 20.0. The fraction of sp³-hybridized carbons (Fsp3) is 0.333. The molecular formula is C24H28ClN3O5S. The molecule has 1 heterocycles. The molecule has 0 unspecified atom stereocenters. The van der Waals surface area contributed by atoms with E-state index in [0.717, 1.165) is 10.3 Å². The van der Waals surface area contributed by atoms with Crippen LogP contribution in [0.4, 0.5) is 5.13 Å². The molecule has 34 heavy (non-hydrogen) atoms. The topological polar surface area (TPSA) is 73.4 Å². The van der Waals surface area contributed by atoms with Crippen molar-refractivity contribution < 1.29 is 23.7 Å². The van der Waals surface area contributed by atoms with Gasteiger partial charge in [0.1, 0.15) is 11.3 Å². The van der Waals surface area contributed by atoms with Gasteiger partial charge in [0.2, 0.25) is 5.75 Å². The lowest BCUT2D eigenvalue weighted by Crippen LogP contribution is -2.35. The Morgan fingerprint density at radius 2 is 1.65 bits per heavy atom. The van der Waals surface area contributed by atoms with Crippen molar-refractivity contribution in [3.05, 3.63) is 40.9 Å². The number of halogens is 1. The third-order valence-corrected chi connectivity index (χ3v) is 6.58. The number of aromatic nitrogens is 1. The minimum atomic E-state index is -0.218. The highest BCUT2D eigenvalue weighted by Crippen LogP contribution is 2.40. The van der Waals surface area contributed by atoms with Crippen molar-refractivity contribution in [1.29, 1.82) is 0 Å². The van der Waals surface area contributed by atoms with Gasteiger partial charge in [0.15, 0.2) is 16.6 Å². The molecule has 0 aliphatic heterocycles. The second-order valence-electron chi connectivity index (χ2n) is 7.51. The lowest BCUT2D eigenvalue weighted by Gasteiger charge is -2.20. The molecule has 0 fully saturated rings. The first-order valence-corrected chi connectivity index (χ1v) is 11.6. The van der Waals surface area contributed by atoms with E-state index in [1.165, 1.54) is 17.4 Å². The van der Waals surface area contributed by atoms with Crippen LogP contribution in [0.25, 0.3) is 16.3 Å². The molecule has 182 valence electrons. The quantitative estimate of drug-likeness (QED) is 0.373. The van der Waals surface area contributed by atoms with E-state index in [4.69, 9.17) is 30.5 Å². The molecule has 10 heteroatoms. The molecule has 2 aromatic carbocycles. The summed E-state index contributed by atoms with van der Waals surface area (Å²) >= 11 is 7.74. The number of likely N-dealkylation sites (N-methyl/N-ethyl adjacent to an activating group) is 1. The Morgan fingerprint density at radius 1 is 1.00 bits per heavy atom. The van der Waals surface area contributed by atoms with Gasteiger partial charge in [0, 0.05) is 19.2 Å². The minimum Gasteiger partial charge on any atom is -0.494 e. The number of ether oxygens (including phenoxy) is 4. The smallest absolute Gasteiger partial charge is 0.252 e. The number of anilines is 1. The van der Waals surface area contributed by atoms with Crippen molar-refractivity contribution in [1.82, 2.24) is 9.88 Å². The average Bonchev–Trinajstić information content (AvgIpc) is 3.28. The molecular weight excluding hydrogens is 478 g/mol. The van der Waals surface area contributed by atoms with Crippen LogP contribution in [-0.4, -0.2) is 71.4 Å². The zero-order chi connectivity index (χ0) is 24.8. The Labute approximate surface area is 208 Å². The molecule has 3 aromatic rings. The van der Waals surface area contributed by atoms with Gasteiger partial charge >= 0.3 is 0 Å². The van der Waals surface area contributed by atoms with Crippen LogP contribution in [0.5, 0.6) is 23.0 Å². The maximum atomic E-state index is 13.3. The van der Waals surface area contributed by atoms with E-state index in [0.29, 0.717) is 51.8 Å². The Bertz CT molecular complexity index is 1170. The van der Waals surface area contributed by atoms with E-state index in [1.54, 1.807) is 63.7 Å². The number of nitrogens with zero attached hydrogens (tertiary/aromatic N) is 3. The second kappa shape index (κ2) is 11.4. The number of hydrogen-bond acceptors (Lipinski definition) is 8. The number of amides is 1. The predicted octanol–water partition coefficient (Wildman–Crippen LogP) is 4.59. The van der Waals surface area contributed by atoms with E-state index in [2.05, 4.69) is 4.98 Å². The first-order valence-electron chi connectivity index (χ1n) is 10.4. The van der Waals surface area contributed by atoms with E-state index in [9.17, 15) is 4.79 Å². The molecule has 0 saturated heterocycles. The normalized spacial score (nSPS) is 11.3. The molecule has 0 N–H and O–H groups in total. The Balaban J connectivity index is 1.97. The summed E-state index contributed by atoms with van der Waals surface area (Å²) < 4.78 is 22.4. The third-order valence-electron chi connectivity index (χ3n) is 5.04. The fourth-order valence-electron chi connectivity index (χ4n) is 3.28. The Morgan fingerprint density at radius 3 is 2.21 bits per heavy atom. The molecule has 0 aliphatic rings. The van der Waals surface area contributed by atoms with Gasteiger partial charge in [0.25, 0.3) is 5.91 Å². The molecule has 1 amide bonds. The molecule has 0 bridgehead atoms. The summed E-state index contributed by atoms with van der Waals surface area (Å²) in [5.74, 6) is 1.89. The summed E-state index contributed by atoms with van der Waals surface area (Å²) in [6.07, 6.45) is 3.21. The zero-order valence-corrected chi connectivity index (χ0v) is 21.6. The number of benzene rings is 2. The maximum absolute atomic E-state index is 13.3. The number of hydrogen-bond donors (Lipinski definition) is 0. The Hall–Kier alpha value is -3.01. The van der Waals surface area contributed by atoms with Crippen LogP contribution in [0.3, 0.4) is 0 Å². The van der Waals surface area contributed by atoms with Crippen molar-refractivity contribution in [2.45, 2.75) is 0 Å². The van der Waals surface area contributed by atoms with Crippen LogP contribution < -0.4 is 23.8 Å². The standard InChI is InChI=1S/C24H28ClN3O5S/c1-27(2)11-12-28(24-26-21-17(30-3)9-8-16(25)23(21)34-24)20(29)10-7-15-13-18(31-4)22(33-6)19(14-15)32-5/h7-10,13-14H,11-12H2,1-6H3/b10-7+. The number of carbonyl (C=O) groups is 1. The molecule has 0 radical (unpaired) electrons. The van der Waals surface area contributed by atoms with Gasteiger partial charge in [0.05, 0.1) is 38.2 Å². The van der Waals surface area contributed by atoms with Crippen molar-refractivity contribution in [3.63, 3.8) is 0 Å². The molecule has 0 atom stereocenters. The van der Waals surface area contributed by atoms with Crippen molar-refractivity contribution in [2.24, 2.45) is 0 Å². The molecule has 0 aliphatic carbocycles. The molecule has 0 spiro atoms. The van der Waals surface area contributed by atoms with Crippen molar-refractivity contribution in [3.8, 4) is 23.0 Å². The van der Waals surface area contributed by atoms with Gasteiger partial charge in [-0.3, -0.25) is 9.69 Å². The first-order chi connectivity index (χ1) is 16.3. The maximum Gasteiger partial charge on any atom is 0.252 e. The van der Waals surface area contributed by atoms with Gasteiger partial charge < -0.3 is 23.8 Å². The van der Waals surface area contributed by atoms with Gasteiger partial charge in [-0.15, -0.1) is 0 Å². The number of carbonyl (C=O) groups excluding carboxylic acids is 1. The van der Waals surface area contributed by atoms with Crippen LogP contribution in [0, 0.1) is 0 Å². The summed E-state index contributed by atoms with van der Waals surface area (Å²) in [6.45, 7) is 1.11. The van der Waals surface area contributed by atoms with Crippen LogP contribution in [0.1, 0.15) is 5.56 Å². The lowest BCUT2D eigenvalue weighted by molar-refractivity contribution is -0.114. The summed E-state index contributed by atoms with van der Waals surface area (Å²) in [6, 6.07) is 7.08. The molecule has 3 rings (SSSR count). The minimum absolute atomic E-state index is 0.218. The highest BCUT2D eigenvalue weighted by Gasteiger charge is 2.21. The number of thiazole rings is 1. The summed E-state index contributed by atoms with van der Waals surface area (Å²) in [4.78, 5) is 21.6. The van der Waals surface area contributed by atoms with Gasteiger partial charge in [-0.2, -0.15) is 0 Å². The largest absolute Gasteiger partial charge is 0.494 e. The van der Waals surface area contributed by atoms with Crippen molar-refractivity contribution in [2.75, 3.05) is 60.5 Å². The lowest BCUT2D eigenvalue weighted by atomic mass is 10.1. The number of methoxy groups -OCH3 is 4. The summed E-state index contributed by atoms with van der Waals surface area (Å²) in [5.41, 5.74) is 1.36. The van der Waals surface area contributed by atoms with E-state index in [-0.39, 0.29) is 5.91 Å². The average molecular weight is 506 g/mol. The SMILES string of the molecule is COc1cc(/C=C/C(=O)N(CCN(C)C)c2nc3c(OC)ccc(Cl)c3s2)cc(OC)c1OC. The van der Waals surface area contributed by atoms with Gasteiger partial charge in [-0.05, 0) is 50.0 Å². The Kier molecular flexibility index (Phi) is 8.60. The van der Waals surface area contributed by atoms with Crippen molar-refractivity contribution >= 4 is 50.3 Å². The second-order valence-corrected chi connectivity index (χ2v) is 8.89. The van der Waals surface area contributed by atoms with E-state index >= 15 is 0 Å². The number of fused-ring (bicyclic) bond motifs is 1. The van der Waals surface area contributed by atoms with Gasteiger partial charge in [-0.1, -0.05) is 22.9 Å². The van der Waals surface area contributed by atoms with E-state index < -0.39 is 0 Å². The monoisotopic (exact) mass is 505 g/mol. The van der Waals surface area contributed by atoms with Crippen LogP contribution in [0.2, 0.25) is 5.02 Å². The summed E-state index contributed by atoms with van der Waals surface area (Å²) in [7, 11) is 10.1. The molecule has 1 aromatic heterocycles. The summed E-state index contributed by atoms with van der Waals surface area (Å²) in [5, 5.41) is 1.11. The van der Waals surface area contributed by atoms with Crippen LogP contribution >= 0.6 is 22.9 Å². The first kappa shape index (κ1) is 25.6. The highest BCUT2D eigenvalue weighted by atomic mass is 35.5. The third kappa shape index (κ3) is 5.55. The van der Waals surface area contributed by atoms with Gasteiger partial charge in [-0.25, -0.2) is 4.98 Å². The predicted molar refractivity (Wildman–Crippen MR) is 137 cm³/mol. The molecule has 0 saturated carbocycles. The molecule has 8 nitrogen and oxygen atoms in total. The number of rotatable bonds is 10.